The van der Waals surface area contributed by atoms with Crippen LogP contribution >= 0.6 is 11.3 Å². The average Bonchev–Trinajstić information content (AvgIpc) is 3.22. The minimum absolute atomic E-state index is 0.0864. The quantitative estimate of drug-likeness (QED) is 0.254. The number of carbonyl (C=O) groups is 3. The molecule has 0 aliphatic carbocycles. The van der Waals surface area contributed by atoms with Gasteiger partial charge in [-0.2, -0.15) is 0 Å². The van der Waals surface area contributed by atoms with Gasteiger partial charge in [0.15, 0.2) is 5.78 Å². The van der Waals surface area contributed by atoms with Gasteiger partial charge in [0.2, 0.25) is 5.91 Å². The molecule has 9 heteroatoms. The Morgan fingerprint density at radius 2 is 1.70 bits per heavy atom. The van der Waals surface area contributed by atoms with Crippen molar-refractivity contribution in [1.82, 2.24) is 9.88 Å². The summed E-state index contributed by atoms with van der Waals surface area (Å²) < 4.78 is 13.0. The van der Waals surface area contributed by atoms with Crippen molar-refractivity contribution in [3.05, 3.63) is 99.2 Å². The summed E-state index contributed by atoms with van der Waals surface area (Å²) in [6.07, 6.45) is 0.289. The van der Waals surface area contributed by atoms with E-state index in [4.69, 9.17) is 9.47 Å². The van der Waals surface area contributed by atoms with E-state index in [1.54, 1.807) is 47.0 Å². The lowest BCUT2D eigenvalue weighted by molar-refractivity contribution is -0.144. The van der Waals surface area contributed by atoms with Gasteiger partial charge in [0, 0.05) is 24.5 Å². The monoisotopic (exact) mass is 518 g/mol. The number of rotatable bonds is 10. The van der Waals surface area contributed by atoms with Gasteiger partial charge in [0.05, 0.1) is 23.9 Å². The fourth-order valence-corrected chi connectivity index (χ4v) is 4.93. The maximum atomic E-state index is 12.7. The largest absolute Gasteiger partial charge is 0.492 e. The van der Waals surface area contributed by atoms with E-state index in [2.05, 4.69) is 5.32 Å². The van der Waals surface area contributed by atoms with E-state index >= 15 is 0 Å². The zero-order chi connectivity index (χ0) is 26.4. The second kappa shape index (κ2) is 11.7. The molecule has 8 nitrogen and oxygen atoms in total. The van der Waals surface area contributed by atoms with Crippen LogP contribution in [0, 0.1) is 0 Å². The third kappa shape index (κ3) is 6.31. The Bertz CT molecular complexity index is 1470. The molecule has 3 aromatic carbocycles. The first-order chi connectivity index (χ1) is 17.9. The Labute approximate surface area is 217 Å². The predicted molar refractivity (Wildman–Crippen MR) is 141 cm³/mol. The molecule has 0 saturated carbocycles. The van der Waals surface area contributed by atoms with Gasteiger partial charge < -0.3 is 14.8 Å². The molecule has 0 aliphatic heterocycles. The van der Waals surface area contributed by atoms with Crippen molar-refractivity contribution in [2.24, 2.45) is 0 Å². The third-order valence-corrected chi connectivity index (χ3v) is 6.72. The number of hydrogen-bond acceptors (Lipinski definition) is 7. The normalized spacial score (nSPS) is 11.6. The number of nitrogens with one attached hydrogen (secondary N) is 1. The van der Waals surface area contributed by atoms with Crippen LogP contribution in [0.1, 0.15) is 28.4 Å². The second-order valence-electron chi connectivity index (χ2n) is 8.37. The number of hydrogen-bond donors (Lipinski definition) is 1. The van der Waals surface area contributed by atoms with Crippen molar-refractivity contribution in [1.29, 1.82) is 0 Å². The smallest absolute Gasteiger partial charge is 0.328 e. The molecule has 0 aliphatic rings. The molecule has 1 N–H and O–H groups in total. The molecule has 1 amide bonds. The van der Waals surface area contributed by atoms with Gasteiger partial charge in [0.25, 0.3) is 0 Å². The third-order valence-electron chi connectivity index (χ3n) is 5.78. The van der Waals surface area contributed by atoms with Gasteiger partial charge in [-0.1, -0.05) is 53.8 Å². The molecule has 4 rings (SSSR count). The maximum absolute atomic E-state index is 12.7. The Morgan fingerprint density at radius 1 is 0.973 bits per heavy atom. The van der Waals surface area contributed by atoms with Gasteiger partial charge in [-0.05, 0) is 35.9 Å². The van der Waals surface area contributed by atoms with E-state index in [9.17, 15) is 19.2 Å². The van der Waals surface area contributed by atoms with Crippen LogP contribution in [0.5, 0.6) is 5.75 Å². The molecular weight excluding hydrogens is 492 g/mol. The Morgan fingerprint density at radius 3 is 2.38 bits per heavy atom. The highest BCUT2D eigenvalue weighted by Gasteiger charge is 2.20. The summed E-state index contributed by atoms with van der Waals surface area (Å²) in [7, 11) is 1.28. The summed E-state index contributed by atoms with van der Waals surface area (Å²) in [5, 5.41) is 2.59. The number of thiazole rings is 1. The number of ketones is 1. The van der Waals surface area contributed by atoms with Crippen molar-refractivity contribution >= 4 is 39.2 Å². The molecule has 0 saturated heterocycles. The summed E-state index contributed by atoms with van der Waals surface area (Å²) in [5.74, 6) is -0.302. The number of nitrogens with zero attached hydrogens (tertiary/aromatic N) is 1. The Kier molecular flexibility index (Phi) is 8.15. The van der Waals surface area contributed by atoms with Crippen molar-refractivity contribution in [2.45, 2.75) is 25.9 Å². The SMILES string of the molecule is COC(=O)C(Cc1ccc(OCCn2c(=O)sc3cc(C(=O)c4ccccc4)ccc32)cc1)NC(C)=O. The molecule has 0 spiro atoms. The summed E-state index contributed by atoms with van der Waals surface area (Å²) in [6.45, 7) is 1.96. The van der Waals surface area contributed by atoms with Crippen LogP contribution in [0.3, 0.4) is 0 Å². The summed E-state index contributed by atoms with van der Waals surface area (Å²) >= 11 is 1.10. The highest BCUT2D eigenvalue weighted by Crippen LogP contribution is 2.21. The number of amides is 1. The van der Waals surface area contributed by atoms with Crippen LogP contribution in [0.2, 0.25) is 0 Å². The molecule has 0 fully saturated rings. The van der Waals surface area contributed by atoms with Gasteiger partial charge in [-0.15, -0.1) is 0 Å². The van der Waals surface area contributed by atoms with E-state index in [0.29, 0.717) is 23.4 Å². The van der Waals surface area contributed by atoms with Crippen molar-refractivity contribution in [2.75, 3.05) is 13.7 Å². The maximum Gasteiger partial charge on any atom is 0.328 e. The molecule has 1 unspecified atom stereocenters. The zero-order valence-corrected chi connectivity index (χ0v) is 21.2. The fourth-order valence-electron chi connectivity index (χ4n) is 3.97. The number of ether oxygens (including phenoxy) is 2. The molecular formula is C28H26N2O6S. The van der Waals surface area contributed by atoms with E-state index in [0.717, 1.165) is 27.1 Å². The minimum atomic E-state index is -0.767. The van der Waals surface area contributed by atoms with Crippen LogP contribution in [0.15, 0.2) is 77.6 Å². The standard InChI is InChI=1S/C28H26N2O6S/c1-18(31)29-23(27(33)35-2)16-19-8-11-22(12-9-19)36-15-14-30-24-13-10-21(17-25(24)37-28(30)34)26(32)20-6-4-3-5-7-20/h3-13,17,23H,14-16H2,1-2H3,(H,29,31). The number of aromatic nitrogens is 1. The highest BCUT2D eigenvalue weighted by atomic mass is 32.1. The first-order valence-corrected chi connectivity index (χ1v) is 12.5. The molecule has 190 valence electrons. The molecule has 0 bridgehead atoms. The molecule has 4 aromatic rings. The van der Waals surface area contributed by atoms with Crippen LogP contribution < -0.4 is 14.9 Å². The first kappa shape index (κ1) is 25.8. The lowest BCUT2D eigenvalue weighted by Crippen LogP contribution is -2.41. The highest BCUT2D eigenvalue weighted by molar-refractivity contribution is 7.16. The molecule has 1 aromatic heterocycles. The fraction of sp³-hybridized carbons (Fsp3) is 0.214. The van der Waals surface area contributed by atoms with Gasteiger partial charge in [0.1, 0.15) is 18.4 Å². The van der Waals surface area contributed by atoms with Crippen molar-refractivity contribution < 1.29 is 23.9 Å². The van der Waals surface area contributed by atoms with Crippen LogP contribution in [-0.4, -0.2) is 42.0 Å². The second-order valence-corrected chi connectivity index (χ2v) is 9.36. The van der Waals surface area contributed by atoms with Crippen LogP contribution in [-0.2, 0) is 27.3 Å². The molecule has 1 heterocycles. The number of benzene rings is 3. The van der Waals surface area contributed by atoms with Gasteiger partial charge >= 0.3 is 10.8 Å². The number of esters is 1. The number of fused-ring (bicyclic) bond motifs is 1. The Balaban J connectivity index is 1.39. The molecule has 37 heavy (non-hydrogen) atoms. The van der Waals surface area contributed by atoms with E-state index in [-0.39, 0.29) is 29.6 Å². The zero-order valence-electron chi connectivity index (χ0n) is 20.4. The van der Waals surface area contributed by atoms with Crippen LogP contribution in [0.4, 0.5) is 0 Å². The summed E-state index contributed by atoms with van der Waals surface area (Å²) in [4.78, 5) is 48.5. The van der Waals surface area contributed by atoms with E-state index in [1.807, 2.05) is 30.3 Å². The molecule has 0 radical (unpaired) electrons. The summed E-state index contributed by atoms with van der Waals surface area (Å²) in [6, 6.07) is 20.7. The lowest BCUT2D eigenvalue weighted by Gasteiger charge is -2.15. The van der Waals surface area contributed by atoms with E-state index in [1.165, 1.54) is 14.0 Å². The lowest BCUT2D eigenvalue weighted by atomic mass is 10.0. The number of methoxy groups -OCH3 is 1. The van der Waals surface area contributed by atoms with Crippen LogP contribution in [0.25, 0.3) is 10.2 Å². The molecule has 1 atom stereocenters. The average molecular weight is 519 g/mol. The summed E-state index contributed by atoms with van der Waals surface area (Å²) in [5.41, 5.74) is 2.73. The minimum Gasteiger partial charge on any atom is -0.492 e. The predicted octanol–water partition coefficient (Wildman–Crippen LogP) is 3.59. The topological polar surface area (TPSA) is 104 Å². The van der Waals surface area contributed by atoms with Gasteiger partial charge in [-0.25, -0.2) is 4.79 Å². The Hall–Kier alpha value is -4.24. The van der Waals surface area contributed by atoms with E-state index < -0.39 is 12.0 Å². The van der Waals surface area contributed by atoms with Crippen molar-refractivity contribution in [3.8, 4) is 5.75 Å². The first-order valence-electron chi connectivity index (χ1n) is 11.7. The van der Waals surface area contributed by atoms with Crippen molar-refractivity contribution in [3.63, 3.8) is 0 Å². The van der Waals surface area contributed by atoms with Gasteiger partial charge in [-0.3, -0.25) is 19.0 Å². The number of carbonyl (C=O) groups excluding carboxylic acids is 3.